The average Bonchev–Trinajstić information content (AvgIpc) is 2.53. The van der Waals surface area contributed by atoms with E-state index in [1.807, 2.05) is 42.5 Å². The number of Topliss-reactive ketones (excluding diaryl/α,β-unsaturated/α-hetero) is 1. The zero-order chi connectivity index (χ0) is 16.1. The molecular formula is C18H18Br2O2. The Morgan fingerprint density at radius 1 is 1.14 bits per heavy atom. The molecule has 0 amide bonds. The van der Waals surface area contributed by atoms with Gasteiger partial charge in [0.25, 0.3) is 0 Å². The van der Waals surface area contributed by atoms with Gasteiger partial charge in [0.1, 0.15) is 5.75 Å². The van der Waals surface area contributed by atoms with E-state index in [0.29, 0.717) is 17.2 Å². The third-order valence-electron chi connectivity index (χ3n) is 3.67. The second kappa shape index (κ2) is 7.93. The zero-order valence-electron chi connectivity index (χ0n) is 12.6. The number of hydrogen-bond donors (Lipinski definition) is 0. The van der Waals surface area contributed by atoms with E-state index >= 15 is 0 Å². The van der Waals surface area contributed by atoms with Crippen molar-refractivity contribution in [2.75, 3.05) is 6.61 Å². The first-order chi connectivity index (χ1) is 10.5. The predicted molar refractivity (Wildman–Crippen MR) is 96.8 cm³/mol. The molecule has 0 saturated carbocycles. The van der Waals surface area contributed by atoms with Crippen molar-refractivity contribution in [3.63, 3.8) is 0 Å². The molecule has 0 bridgehead atoms. The van der Waals surface area contributed by atoms with Crippen LogP contribution in [0.3, 0.4) is 0 Å². The summed E-state index contributed by atoms with van der Waals surface area (Å²) in [4.78, 5) is 12.2. The van der Waals surface area contributed by atoms with Crippen LogP contribution in [0.2, 0.25) is 0 Å². The maximum atomic E-state index is 12.2. The highest BCUT2D eigenvalue weighted by Gasteiger charge is 2.10. The number of carbonyl (C=O) groups excluding carboxylic acids is 1. The molecule has 116 valence electrons. The molecule has 1 atom stereocenters. The summed E-state index contributed by atoms with van der Waals surface area (Å²) in [5.74, 6) is 1.15. The van der Waals surface area contributed by atoms with Gasteiger partial charge in [-0.15, -0.1) is 0 Å². The molecule has 0 radical (unpaired) electrons. The average molecular weight is 426 g/mol. The Morgan fingerprint density at radius 2 is 1.82 bits per heavy atom. The number of ketones is 1. The largest absolute Gasteiger partial charge is 0.484 e. The quantitative estimate of drug-likeness (QED) is 0.531. The number of carbonyl (C=O) groups is 1. The lowest BCUT2D eigenvalue weighted by atomic mass is 9.97. The van der Waals surface area contributed by atoms with Gasteiger partial charge in [0.15, 0.2) is 12.4 Å². The van der Waals surface area contributed by atoms with Crippen molar-refractivity contribution >= 4 is 37.6 Å². The van der Waals surface area contributed by atoms with Gasteiger partial charge in [-0.1, -0.05) is 54.0 Å². The molecular weight excluding hydrogens is 408 g/mol. The van der Waals surface area contributed by atoms with E-state index < -0.39 is 0 Å². The van der Waals surface area contributed by atoms with Crippen molar-refractivity contribution in [1.29, 1.82) is 0 Å². The Hall–Kier alpha value is -1.13. The van der Waals surface area contributed by atoms with Crippen molar-refractivity contribution in [1.82, 2.24) is 0 Å². The summed E-state index contributed by atoms with van der Waals surface area (Å²) in [6.45, 7) is 4.38. The first-order valence-corrected chi connectivity index (χ1v) is 8.81. The van der Waals surface area contributed by atoms with Crippen molar-refractivity contribution in [3.05, 3.63) is 62.5 Å². The van der Waals surface area contributed by atoms with E-state index in [1.54, 1.807) is 0 Å². The van der Waals surface area contributed by atoms with Crippen LogP contribution in [0.15, 0.2) is 51.4 Å². The van der Waals surface area contributed by atoms with E-state index in [4.69, 9.17) is 4.74 Å². The van der Waals surface area contributed by atoms with Gasteiger partial charge in [-0.3, -0.25) is 4.79 Å². The fourth-order valence-electron chi connectivity index (χ4n) is 2.05. The second-order valence-corrected chi connectivity index (χ2v) is 6.99. The summed E-state index contributed by atoms with van der Waals surface area (Å²) in [5, 5.41) is 0. The van der Waals surface area contributed by atoms with E-state index in [0.717, 1.165) is 15.4 Å². The van der Waals surface area contributed by atoms with Crippen molar-refractivity contribution in [2.24, 2.45) is 0 Å². The summed E-state index contributed by atoms with van der Waals surface area (Å²) in [6.07, 6.45) is 1.09. The summed E-state index contributed by atoms with van der Waals surface area (Å²) >= 11 is 6.81. The SMILES string of the molecule is CCC(C)c1ccc(C(=O)COc2ccc(Br)cc2Br)cc1. The third kappa shape index (κ3) is 4.43. The lowest BCUT2D eigenvalue weighted by Crippen LogP contribution is -2.12. The first-order valence-electron chi connectivity index (χ1n) is 7.22. The first kappa shape index (κ1) is 17.2. The summed E-state index contributed by atoms with van der Waals surface area (Å²) in [6, 6.07) is 13.4. The minimum atomic E-state index is -0.0227. The van der Waals surface area contributed by atoms with Crippen molar-refractivity contribution in [3.8, 4) is 5.75 Å². The van der Waals surface area contributed by atoms with Crippen LogP contribution in [0.4, 0.5) is 0 Å². The lowest BCUT2D eigenvalue weighted by Gasteiger charge is -2.10. The second-order valence-electron chi connectivity index (χ2n) is 5.22. The Morgan fingerprint density at radius 3 is 2.41 bits per heavy atom. The standard InChI is InChI=1S/C18H18Br2O2/c1-3-12(2)13-4-6-14(7-5-13)17(21)11-22-18-9-8-15(19)10-16(18)20/h4-10,12H,3,11H2,1-2H3. The van der Waals surface area contributed by atoms with E-state index in [9.17, 15) is 4.79 Å². The van der Waals surface area contributed by atoms with Gasteiger partial charge < -0.3 is 4.74 Å². The number of benzene rings is 2. The lowest BCUT2D eigenvalue weighted by molar-refractivity contribution is 0.0921. The van der Waals surface area contributed by atoms with E-state index in [2.05, 4.69) is 45.7 Å². The van der Waals surface area contributed by atoms with Crippen molar-refractivity contribution < 1.29 is 9.53 Å². The van der Waals surface area contributed by atoms with Gasteiger partial charge >= 0.3 is 0 Å². The Balaban J connectivity index is 2.00. The van der Waals surface area contributed by atoms with Crippen LogP contribution in [0.5, 0.6) is 5.75 Å². The fraction of sp³-hybridized carbons (Fsp3) is 0.278. The van der Waals surface area contributed by atoms with Gasteiger partial charge in [0, 0.05) is 10.0 Å². The molecule has 0 aliphatic heterocycles. The third-order valence-corrected chi connectivity index (χ3v) is 4.78. The van der Waals surface area contributed by atoms with Crippen LogP contribution in [0.1, 0.15) is 42.1 Å². The molecule has 0 aliphatic carbocycles. The number of hydrogen-bond acceptors (Lipinski definition) is 2. The highest BCUT2D eigenvalue weighted by Crippen LogP contribution is 2.28. The maximum Gasteiger partial charge on any atom is 0.200 e. The molecule has 2 rings (SSSR count). The number of halogens is 2. The molecule has 2 nitrogen and oxygen atoms in total. The highest BCUT2D eigenvalue weighted by atomic mass is 79.9. The monoisotopic (exact) mass is 424 g/mol. The molecule has 0 fully saturated rings. The van der Waals surface area contributed by atoms with Gasteiger partial charge in [-0.2, -0.15) is 0 Å². The predicted octanol–water partition coefficient (Wildman–Crippen LogP) is 5.99. The van der Waals surface area contributed by atoms with Crippen LogP contribution < -0.4 is 4.74 Å². The molecule has 0 aliphatic rings. The minimum absolute atomic E-state index is 0.0227. The molecule has 0 spiro atoms. The Bertz CT molecular complexity index is 651. The Kier molecular flexibility index (Phi) is 6.21. The minimum Gasteiger partial charge on any atom is -0.484 e. The van der Waals surface area contributed by atoms with Gasteiger partial charge in [-0.05, 0) is 52.0 Å². The van der Waals surface area contributed by atoms with E-state index in [1.165, 1.54) is 5.56 Å². The smallest absolute Gasteiger partial charge is 0.200 e. The van der Waals surface area contributed by atoms with Crippen LogP contribution >= 0.6 is 31.9 Å². The zero-order valence-corrected chi connectivity index (χ0v) is 15.8. The molecule has 0 heterocycles. The number of ether oxygens (including phenoxy) is 1. The maximum absolute atomic E-state index is 12.2. The molecule has 4 heteroatoms. The summed E-state index contributed by atoms with van der Waals surface area (Å²) in [5.41, 5.74) is 1.94. The molecule has 0 aromatic heterocycles. The molecule has 0 saturated heterocycles. The molecule has 22 heavy (non-hydrogen) atoms. The summed E-state index contributed by atoms with van der Waals surface area (Å²) < 4.78 is 7.37. The molecule has 1 unspecified atom stereocenters. The van der Waals surface area contributed by atoms with Crippen molar-refractivity contribution in [2.45, 2.75) is 26.2 Å². The molecule has 2 aromatic rings. The Labute approximate surface area is 148 Å². The highest BCUT2D eigenvalue weighted by molar-refractivity contribution is 9.11. The number of rotatable bonds is 6. The van der Waals surface area contributed by atoms with Crippen LogP contribution in [-0.2, 0) is 0 Å². The van der Waals surface area contributed by atoms with Gasteiger partial charge in [0.2, 0.25) is 0 Å². The van der Waals surface area contributed by atoms with Crippen LogP contribution in [0, 0.1) is 0 Å². The van der Waals surface area contributed by atoms with Crippen LogP contribution in [-0.4, -0.2) is 12.4 Å². The van der Waals surface area contributed by atoms with Crippen LogP contribution in [0.25, 0.3) is 0 Å². The summed E-state index contributed by atoms with van der Waals surface area (Å²) in [7, 11) is 0. The topological polar surface area (TPSA) is 26.3 Å². The fourth-order valence-corrected chi connectivity index (χ4v) is 3.21. The van der Waals surface area contributed by atoms with Gasteiger partial charge in [-0.25, -0.2) is 0 Å². The molecule has 2 aromatic carbocycles. The van der Waals surface area contributed by atoms with E-state index in [-0.39, 0.29) is 12.4 Å². The van der Waals surface area contributed by atoms with Gasteiger partial charge in [0.05, 0.1) is 4.47 Å². The molecule has 0 N–H and O–H groups in total. The normalized spacial score (nSPS) is 12.0.